The van der Waals surface area contributed by atoms with Crippen molar-refractivity contribution in [3.63, 3.8) is 0 Å². The van der Waals surface area contributed by atoms with Crippen molar-refractivity contribution in [2.75, 3.05) is 13.2 Å². The molecule has 0 aliphatic carbocycles. The number of hydrogen-bond donors (Lipinski definition) is 1. The standard InChI is InChI=1S/C20H20FNO4/c1-12-5-3-4-6-15(12)18-10-22(13(2)11-26-18)19(23)16-8-7-14(20(24)25)9-17(16)21/h3-9,13,18H,10-11H2,1-2H3,(H,24,25). The molecule has 1 aliphatic rings. The minimum Gasteiger partial charge on any atom is -0.478 e. The Balaban J connectivity index is 1.86. The fourth-order valence-electron chi connectivity index (χ4n) is 3.15. The highest BCUT2D eigenvalue weighted by Gasteiger charge is 2.32. The van der Waals surface area contributed by atoms with E-state index < -0.39 is 17.7 Å². The number of carbonyl (C=O) groups is 2. The minimum atomic E-state index is -1.23. The van der Waals surface area contributed by atoms with Gasteiger partial charge in [0.25, 0.3) is 5.91 Å². The van der Waals surface area contributed by atoms with Gasteiger partial charge < -0.3 is 14.7 Å². The number of ether oxygens (including phenoxy) is 1. The van der Waals surface area contributed by atoms with Gasteiger partial charge in [0.2, 0.25) is 0 Å². The van der Waals surface area contributed by atoms with Gasteiger partial charge in [0.1, 0.15) is 11.9 Å². The first kappa shape index (κ1) is 18.1. The van der Waals surface area contributed by atoms with Gasteiger partial charge in [-0.25, -0.2) is 9.18 Å². The molecule has 3 rings (SSSR count). The van der Waals surface area contributed by atoms with E-state index in [1.54, 1.807) is 4.90 Å². The molecule has 26 heavy (non-hydrogen) atoms. The molecular formula is C20H20FNO4. The summed E-state index contributed by atoms with van der Waals surface area (Å²) in [7, 11) is 0. The molecule has 0 radical (unpaired) electrons. The van der Waals surface area contributed by atoms with Crippen LogP contribution in [0.5, 0.6) is 0 Å². The Morgan fingerprint density at radius 3 is 2.62 bits per heavy atom. The number of carboxylic acid groups (broad SMARTS) is 1. The number of benzene rings is 2. The fourth-order valence-corrected chi connectivity index (χ4v) is 3.15. The lowest BCUT2D eigenvalue weighted by atomic mass is 10.0. The van der Waals surface area contributed by atoms with Crippen LogP contribution in [-0.4, -0.2) is 41.1 Å². The average Bonchev–Trinajstić information content (AvgIpc) is 2.62. The number of halogens is 1. The molecule has 6 heteroatoms. The van der Waals surface area contributed by atoms with Crippen LogP contribution in [0.15, 0.2) is 42.5 Å². The number of aryl methyl sites for hydroxylation is 1. The van der Waals surface area contributed by atoms with Gasteiger partial charge in [0.05, 0.1) is 30.3 Å². The number of carbonyl (C=O) groups excluding carboxylic acids is 1. The molecule has 1 saturated heterocycles. The first-order valence-electron chi connectivity index (χ1n) is 8.39. The SMILES string of the molecule is Cc1ccccc1C1CN(C(=O)c2ccc(C(=O)O)cc2F)C(C)CO1. The number of hydrogen-bond acceptors (Lipinski definition) is 3. The molecule has 136 valence electrons. The third kappa shape index (κ3) is 3.46. The van der Waals surface area contributed by atoms with Crippen molar-refractivity contribution in [2.45, 2.75) is 26.0 Å². The van der Waals surface area contributed by atoms with Gasteiger partial charge in [0, 0.05) is 0 Å². The summed E-state index contributed by atoms with van der Waals surface area (Å²) >= 11 is 0. The summed E-state index contributed by atoms with van der Waals surface area (Å²) in [6.45, 7) is 4.48. The van der Waals surface area contributed by atoms with Gasteiger partial charge in [-0.15, -0.1) is 0 Å². The zero-order valence-corrected chi connectivity index (χ0v) is 14.6. The van der Waals surface area contributed by atoms with E-state index in [-0.39, 0.29) is 23.3 Å². The zero-order chi connectivity index (χ0) is 18.8. The van der Waals surface area contributed by atoms with E-state index in [9.17, 15) is 14.0 Å². The Hall–Kier alpha value is -2.73. The van der Waals surface area contributed by atoms with Crippen LogP contribution in [0.1, 0.15) is 44.9 Å². The second-order valence-electron chi connectivity index (χ2n) is 6.48. The van der Waals surface area contributed by atoms with Crippen molar-refractivity contribution in [1.29, 1.82) is 0 Å². The molecule has 0 saturated carbocycles. The smallest absolute Gasteiger partial charge is 0.335 e. The molecule has 1 amide bonds. The van der Waals surface area contributed by atoms with Crippen molar-refractivity contribution in [1.82, 2.24) is 4.90 Å². The molecule has 0 bridgehead atoms. The summed E-state index contributed by atoms with van der Waals surface area (Å²) in [5.41, 5.74) is 1.74. The highest BCUT2D eigenvalue weighted by molar-refractivity contribution is 5.96. The minimum absolute atomic E-state index is 0.132. The van der Waals surface area contributed by atoms with Crippen LogP contribution in [0.2, 0.25) is 0 Å². The molecule has 5 nitrogen and oxygen atoms in total. The van der Waals surface area contributed by atoms with E-state index in [1.807, 2.05) is 38.1 Å². The van der Waals surface area contributed by atoms with E-state index in [1.165, 1.54) is 12.1 Å². The summed E-state index contributed by atoms with van der Waals surface area (Å²) in [5.74, 6) is -2.53. The predicted molar refractivity (Wildman–Crippen MR) is 93.7 cm³/mol. The Bertz CT molecular complexity index is 851. The second kappa shape index (κ2) is 7.25. The van der Waals surface area contributed by atoms with Crippen LogP contribution in [0.4, 0.5) is 4.39 Å². The number of aromatic carboxylic acids is 1. The largest absolute Gasteiger partial charge is 0.478 e. The van der Waals surface area contributed by atoms with E-state index in [0.717, 1.165) is 17.2 Å². The first-order valence-corrected chi connectivity index (χ1v) is 8.39. The Kier molecular flexibility index (Phi) is 5.04. The van der Waals surface area contributed by atoms with E-state index >= 15 is 0 Å². The molecule has 1 aliphatic heterocycles. The lowest BCUT2D eigenvalue weighted by Gasteiger charge is -2.38. The first-order chi connectivity index (χ1) is 12.4. The van der Waals surface area contributed by atoms with Crippen LogP contribution in [-0.2, 0) is 4.74 Å². The number of amides is 1. The van der Waals surface area contributed by atoms with E-state index in [4.69, 9.17) is 9.84 Å². The maximum Gasteiger partial charge on any atom is 0.335 e. The molecule has 1 N–H and O–H groups in total. The summed E-state index contributed by atoms with van der Waals surface area (Å²) < 4.78 is 20.2. The van der Waals surface area contributed by atoms with Crippen molar-refractivity contribution in [3.8, 4) is 0 Å². The van der Waals surface area contributed by atoms with Crippen LogP contribution in [0.25, 0.3) is 0 Å². The lowest BCUT2D eigenvalue weighted by molar-refractivity contribution is -0.0490. The summed E-state index contributed by atoms with van der Waals surface area (Å²) in [5, 5.41) is 8.94. The third-order valence-corrected chi connectivity index (χ3v) is 4.68. The molecule has 0 spiro atoms. The predicted octanol–water partition coefficient (Wildman–Crippen LogP) is 3.43. The topological polar surface area (TPSA) is 66.8 Å². The van der Waals surface area contributed by atoms with Crippen molar-refractivity contribution in [2.24, 2.45) is 0 Å². The quantitative estimate of drug-likeness (QED) is 0.914. The summed E-state index contributed by atoms with van der Waals surface area (Å²) in [6, 6.07) is 10.9. The van der Waals surface area contributed by atoms with E-state index in [0.29, 0.717) is 13.2 Å². The van der Waals surface area contributed by atoms with Crippen molar-refractivity contribution >= 4 is 11.9 Å². The highest BCUT2D eigenvalue weighted by atomic mass is 19.1. The summed E-state index contributed by atoms with van der Waals surface area (Å²) in [4.78, 5) is 25.4. The van der Waals surface area contributed by atoms with Gasteiger partial charge in [-0.3, -0.25) is 4.79 Å². The normalized spacial score (nSPS) is 20.0. The average molecular weight is 357 g/mol. The zero-order valence-electron chi connectivity index (χ0n) is 14.6. The Morgan fingerprint density at radius 2 is 1.96 bits per heavy atom. The maximum atomic E-state index is 14.3. The van der Waals surface area contributed by atoms with Crippen LogP contribution >= 0.6 is 0 Å². The van der Waals surface area contributed by atoms with Crippen LogP contribution < -0.4 is 0 Å². The van der Waals surface area contributed by atoms with Gasteiger partial charge in [-0.05, 0) is 43.2 Å². The fraction of sp³-hybridized carbons (Fsp3) is 0.300. The summed E-state index contributed by atoms with van der Waals surface area (Å²) in [6.07, 6.45) is -0.280. The Labute approximate surface area is 151 Å². The van der Waals surface area contributed by atoms with Gasteiger partial charge >= 0.3 is 5.97 Å². The third-order valence-electron chi connectivity index (χ3n) is 4.68. The Morgan fingerprint density at radius 1 is 1.23 bits per heavy atom. The monoisotopic (exact) mass is 357 g/mol. The molecule has 1 heterocycles. The lowest BCUT2D eigenvalue weighted by Crippen LogP contribution is -2.48. The molecule has 2 aromatic rings. The number of carboxylic acids is 1. The van der Waals surface area contributed by atoms with Gasteiger partial charge in [-0.1, -0.05) is 24.3 Å². The van der Waals surface area contributed by atoms with Gasteiger partial charge in [-0.2, -0.15) is 0 Å². The second-order valence-corrected chi connectivity index (χ2v) is 6.48. The van der Waals surface area contributed by atoms with Crippen molar-refractivity contribution in [3.05, 3.63) is 70.5 Å². The molecule has 2 unspecified atom stereocenters. The number of nitrogens with zero attached hydrogens (tertiary/aromatic N) is 1. The molecule has 1 fully saturated rings. The molecule has 0 aromatic heterocycles. The van der Waals surface area contributed by atoms with Crippen LogP contribution in [0.3, 0.4) is 0 Å². The van der Waals surface area contributed by atoms with E-state index in [2.05, 4.69) is 0 Å². The number of rotatable bonds is 3. The molecule has 2 atom stereocenters. The van der Waals surface area contributed by atoms with Crippen LogP contribution in [0, 0.1) is 12.7 Å². The van der Waals surface area contributed by atoms with Crippen molar-refractivity contribution < 1.29 is 23.8 Å². The maximum absolute atomic E-state index is 14.3. The van der Waals surface area contributed by atoms with Gasteiger partial charge in [0.15, 0.2) is 0 Å². The number of morpholine rings is 1. The molecular weight excluding hydrogens is 337 g/mol. The highest BCUT2D eigenvalue weighted by Crippen LogP contribution is 2.28. The molecule has 2 aromatic carbocycles.